The van der Waals surface area contributed by atoms with Crippen molar-refractivity contribution in [1.29, 1.82) is 0 Å². The van der Waals surface area contributed by atoms with Gasteiger partial charge in [0.15, 0.2) is 5.65 Å². The summed E-state index contributed by atoms with van der Waals surface area (Å²) in [6.45, 7) is 4.08. The van der Waals surface area contributed by atoms with Gasteiger partial charge in [0.25, 0.3) is 11.5 Å². The van der Waals surface area contributed by atoms with Crippen LogP contribution in [0.1, 0.15) is 23.1 Å². The molecular weight excluding hydrogens is 282 g/mol. The van der Waals surface area contributed by atoms with Gasteiger partial charge in [0.2, 0.25) is 0 Å². The number of nitrogens with one attached hydrogen (secondary N) is 1. The molecule has 22 heavy (non-hydrogen) atoms. The van der Waals surface area contributed by atoms with Crippen molar-refractivity contribution in [3.05, 3.63) is 58.4 Å². The Morgan fingerprint density at radius 1 is 1.36 bits per heavy atom. The van der Waals surface area contributed by atoms with Gasteiger partial charge >= 0.3 is 0 Å². The van der Waals surface area contributed by atoms with E-state index in [1.807, 2.05) is 6.92 Å². The molecule has 0 fully saturated rings. The first-order chi connectivity index (χ1) is 10.6. The fraction of sp³-hybridized carbons (Fsp3) is 0.200. The van der Waals surface area contributed by atoms with E-state index in [4.69, 9.17) is 0 Å². The van der Waals surface area contributed by atoms with E-state index in [0.717, 1.165) is 0 Å². The van der Waals surface area contributed by atoms with Gasteiger partial charge in [-0.25, -0.2) is 9.67 Å². The molecule has 3 rings (SSSR count). The van der Waals surface area contributed by atoms with Gasteiger partial charge in [-0.15, -0.1) is 0 Å². The van der Waals surface area contributed by atoms with Gasteiger partial charge in [-0.05, 0) is 26.0 Å². The summed E-state index contributed by atoms with van der Waals surface area (Å²) in [7, 11) is 0. The number of nitrogens with zero attached hydrogens (tertiary/aromatic N) is 4. The highest BCUT2D eigenvalue weighted by atomic mass is 16.2. The molecule has 0 spiro atoms. The summed E-state index contributed by atoms with van der Waals surface area (Å²) < 4.78 is 2.90. The third-order valence-corrected chi connectivity index (χ3v) is 3.20. The lowest BCUT2D eigenvalue weighted by Gasteiger charge is -2.10. The van der Waals surface area contributed by atoms with Crippen LogP contribution in [0.5, 0.6) is 0 Å². The maximum Gasteiger partial charge on any atom is 0.273 e. The molecule has 7 nitrogen and oxygen atoms in total. The number of hydrogen-bond donors (Lipinski definition) is 1. The van der Waals surface area contributed by atoms with E-state index >= 15 is 0 Å². The van der Waals surface area contributed by atoms with Crippen molar-refractivity contribution < 1.29 is 4.79 Å². The molecule has 0 aliphatic heterocycles. The van der Waals surface area contributed by atoms with Crippen molar-refractivity contribution in [3.8, 4) is 5.69 Å². The molecule has 0 aliphatic carbocycles. The summed E-state index contributed by atoms with van der Waals surface area (Å²) in [5.41, 5.74) is 1.74. The quantitative estimate of drug-likeness (QED) is 0.780. The highest BCUT2D eigenvalue weighted by Crippen LogP contribution is 2.14. The van der Waals surface area contributed by atoms with Gasteiger partial charge in [-0.3, -0.25) is 14.6 Å². The fourth-order valence-electron chi connectivity index (χ4n) is 2.35. The van der Waals surface area contributed by atoms with Crippen LogP contribution in [0.15, 0.2) is 41.5 Å². The predicted octanol–water partition coefficient (Wildman–Crippen LogP) is 0.938. The Morgan fingerprint density at radius 3 is 2.86 bits per heavy atom. The number of hydrogen-bond acceptors (Lipinski definition) is 4. The van der Waals surface area contributed by atoms with E-state index in [-0.39, 0.29) is 11.5 Å². The van der Waals surface area contributed by atoms with Crippen LogP contribution in [0.3, 0.4) is 0 Å². The van der Waals surface area contributed by atoms with E-state index in [1.165, 1.54) is 15.3 Å². The van der Waals surface area contributed by atoms with Gasteiger partial charge in [0, 0.05) is 30.6 Å². The van der Waals surface area contributed by atoms with Crippen molar-refractivity contribution >= 4 is 11.6 Å². The van der Waals surface area contributed by atoms with Gasteiger partial charge < -0.3 is 5.32 Å². The Kier molecular flexibility index (Phi) is 3.46. The molecule has 112 valence electrons. The lowest BCUT2D eigenvalue weighted by atomic mass is 10.3. The Bertz CT molecular complexity index is 895. The lowest BCUT2D eigenvalue weighted by molar-refractivity contribution is 0.0947. The molecule has 0 aromatic carbocycles. The maximum absolute atomic E-state index is 12.3. The number of amides is 1. The van der Waals surface area contributed by atoms with Gasteiger partial charge in [0.1, 0.15) is 5.69 Å². The highest BCUT2D eigenvalue weighted by Gasteiger charge is 2.18. The molecule has 3 aromatic heterocycles. The number of carbonyl (C=O) groups excluding carboxylic acids is 1. The van der Waals surface area contributed by atoms with Crippen LogP contribution in [-0.2, 0) is 0 Å². The second-order valence-electron chi connectivity index (χ2n) is 4.82. The molecule has 1 N–H and O–H groups in total. The van der Waals surface area contributed by atoms with Crippen molar-refractivity contribution in [2.24, 2.45) is 0 Å². The summed E-state index contributed by atoms with van der Waals surface area (Å²) >= 11 is 0. The first kappa shape index (κ1) is 14.0. The third-order valence-electron chi connectivity index (χ3n) is 3.20. The smallest absolute Gasteiger partial charge is 0.273 e. The van der Waals surface area contributed by atoms with E-state index in [0.29, 0.717) is 29.3 Å². The van der Waals surface area contributed by atoms with Crippen LogP contribution in [0.2, 0.25) is 0 Å². The number of aryl methyl sites for hydroxylation is 1. The lowest BCUT2D eigenvalue weighted by Crippen LogP contribution is -2.28. The van der Waals surface area contributed by atoms with Crippen molar-refractivity contribution in [1.82, 2.24) is 24.5 Å². The minimum absolute atomic E-state index is 0.248. The zero-order valence-corrected chi connectivity index (χ0v) is 12.3. The molecule has 7 heteroatoms. The number of pyridine rings is 1. The van der Waals surface area contributed by atoms with Crippen LogP contribution < -0.4 is 10.9 Å². The molecule has 3 aromatic rings. The SMILES string of the molecule is CCNC(=O)c1cc2nc(C)cc(=O)n2n1-c1cccnc1. The Balaban J connectivity index is 2.37. The van der Waals surface area contributed by atoms with Crippen LogP contribution in [0, 0.1) is 6.92 Å². The first-order valence-electron chi connectivity index (χ1n) is 6.93. The summed E-state index contributed by atoms with van der Waals surface area (Å²) in [6, 6.07) is 6.56. The minimum Gasteiger partial charge on any atom is -0.351 e. The average molecular weight is 297 g/mol. The van der Waals surface area contributed by atoms with Gasteiger partial charge in [-0.1, -0.05) is 0 Å². The molecule has 0 atom stereocenters. The maximum atomic E-state index is 12.3. The molecule has 1 amide bonds. The fourth-order valence-corrected chi connectivity index (χ4v) is 2.35. The van der Waals surface area contributed by atoms with Crippen molar-refractivity contribution in [2.75, 3.05) is 6.54 Å². The minimum atomic E-state index is -0.270. The summed E-state index contributed by atoms with van der Waals surface area (Å²) in [4.78, 5) is 33.0. The topological polar surface area (TPSA) is 81.3 Å². The summed E-state index contributed by atoms with van der Waals surface area (Å²) in [6.07, 6.45) is 3.22. The van der Waals surface area contributed by atoms with Crippen LogP contribution in [0.25, 0.3) is 11.3 Å². The zero-order chi connectivity index (χ0) is 15.7. The van der Waals surface area contributed by atoms with E-state index < -0.39 is 0 Å². The molecule has 0 unspecified atom stereocenters. The monoisotopic (exact) mass is 297 g/mol. The van der Waals surface area contributed by atoms with E-state index in [9.17, 15) is 9.59 Å². The Labute approximate surface area is 126 Å². The molecule has 3 heterocycles. The number of carbonyl (C=O) groups is 1. The molecule has 0 aliphatic rings. The number of aromatic nitrogens is 4. The second-order valence-corrected chi connectivity index (χ2v) is 4.82. The Hall–Kier alpha value is -2.96. The van der Waals surface area contributed by atoms with Gasteiger partial charge in [-0.2, -0.15) is 4.52 Å². The van der Waals surface area contributed by atoms with Crippen LogP contribution in [0.4, 0.5) is 0 Å². The average Bonchev–Trinajstić information content (AvgIpc) is 2.88. The van der Waals surface area contributed by atoms with Gasteiger partial charge in [0.05, 0.1) is 11.9 Å². The zero-order valence-electron chi connectivity index (χ0n) is 12.3. The first-order valence-corrected chi connectivity index (χ1v) is 6.93. The normalized spacial score (nSPS) is 10.8. The standard InChI is InChI=1S/C15H15N5O2/c1-3-17-15(22)12-8-13-18-10(2)7-14(21)20(13)19(12)11-5-4-6-16-9-11/h4-9H,3H2,1-2H3,(H,17,22). The molecule has 0 radical (unpaired) electrons. The summed E-state index contributed by atoms with van der Waals surface area (Å²) in [5.74, 6) is -0.270. The number of fused-ring (bicyclic) bond motifs is 1. The predicted molar refractivity (Wildman–Crippen MR) is 81.3 cm³/mol. The van der Waals surface area contributed by atoms with Crippen molar-refractivity contribution in [3.63, 3.8) is 0 Å². The number of rotatable bonds is 3. The van der Waals surface area contributed by atoms with E-state index in [2.05, 4.69) is 15.3 Å². The molecule has 0 saturated carbocycles. The molecular formula is C15H15N5O2. The van der Waals surface area contributed by atoms with E-state index in [1.54, 1.807) is 37.5 Å². The highest BCUT2D eigenvalue weighted by molar-refractivity contribution is 5.94. The Morgan fingerprint density at radius 2 is 2.18 bits per heavy atom. The largest absolute Gasteiger partial charge is 0.351 e. The molecule has 0 bridgehead atoms. The summed E-state index contributed by atoms with van der Waals surface area (Å²) in [5, 5.41) is 2.74. The van der Waals surface area contributed by atoms with Crippen LogP contribution >= 0.6 is 0 Å². The van der Waals surface area contributed by atoms with Crippen LogP contribution in [-0.4, -0.2) is 31.6 Å². The third kappa shape index (κ3) is 2.26. The molecule has 0 saturated heterocycles. The van der Waals surface area contributed by atoms with Crippen molar-refractivity contribution in [2.45, 2.75) is 13.8 Å². The second kappa shape index (κ2) is 5.44.